The van der Waals surface area contributed by atoms with E-state index in [4.69, 9.17) is 0 Å². The molecule has 0 spiro atoms. The standard InChI is InChI=1S/C16H18N4O2S/c1-11(21)20-6-2-4-14(20)13-10-17-8-12(19-13)9-18-16(22)15-5-3-7-23-15/h3,5,7-8,10,14H,2,4,6,9H2,1H3,(H,18,22). The van der Waals surface area contributed by atoms with E-state index in [2.05, 4.69) is 15.3 Å². The molecule has 6 nitrogen and oxygen atoms in total. The molecular weight excluding hydrogens is 312 g/mol. The summed E-state index contributed by atoms with van der Waals surface area (Å²) in [7, 11) is 0. The molecule has 1 aliphatic rings. The number of amides is 2. The molecule has 120 valence electrons. The summed E-state index contributed by atoms with van der Waals surface area (Å²) >= 11 is 1.40. The fraction of sp³-hybridized carbons (Fsp3) is 0.375. The average molecular weight is 330 g/mol. The van der Waals surface area contributed by atoms with E-state index in [1.54, 1.807) is 25.4 Å². The Morgan fingerprint density at radius 3 is 3.04 bits per heavy atom. The maximum Gasteiger partial charge on any atom is 0.261 e. The zero-order valence-electron chi connectivity index (χ0n) is 12.9. The maximum atomic E-state index is 12.0. The molecule has 0 radical (unpaired) electrons. The van der Waals surface area contributed by atoms with Crippen molar-refractivity contribution in [3.63, 3.8) is 0 Å². The molecule has 23 heavy (non-hydrogen) atoms. The van der Waals surface area contributed by atoms with E-state index in [0.29, 0.717) is 17.1 Å². The molecule has 0 aromatic carbocycles. The van der Waals surface area contributed by atoms with Gasteiger partial charge in [0.25, 0.3) is 5.91 Å². The molecule has 1 fully saturated rings. The van der Waals surface area contributed by atoms with E-state index < -0.39 is 0 Å². The van der Waals surface area contributed by atoms with Gasteiger partial charge in [-0.05, 0) is 24.3 Å². The van der Waals surface area contributed by atoms with Gasteiger partial charge >= 0.3 is 0 Å². The van der Waals surface area contributed by atoms with Crippen LogP contribution in [0.3, 0.4) is 0 Å². The van der Waals surface area contributed by atoms with Gasteiger partial charge in [-0.1, -0.05) is 6.07 Å². The van der Waals surface area contributed by atoms with Crippen LogP contribution in [-0.4, -0.2) is 33.2 Å². The van der Waals surface area contributed by atoms with Crippen LogP contribution < -0.4 is 5.32 Å². The minimum absolute atomic E-state index is 0.00653. The van der Waals surface area contributed by atoms with Crippen LogP contribution in [0.5, 0.6) is 0 Å². The van der Waals surface area contributed by atoms with Gasteiger partial charge in [0.1, 0.15) is 0 Å². The lowest BCUT2D eigenvalue weighted by atomic mass is 10.1. The van der Waals surface area contributed by atoms with Gasteiger partial charge < -0.3 is 10.2 Å². The number of nitrogens with zero attached hydrogens (tertiary/aromatic N) is 3. The Morgan fingerprint density at radius 2 is 2.30 bits per heavy atom. The fourth-order valence-electron chi connectivity index (χ4n) is 2.79. The second-order valence-electron chi connectivity index (χ2n) is 5.47. The van der Waals surface area contributed by atoms with Crippen molar-refractivity contribution in [3.05, 3.63) is 46.2 Å². The zero-order chi connectivity index (χ0) is 16.2. The van der Waals surface area contributed by atoms with Gasteiger partial charge in [0.2, 0.25) is 5.91 Å². The van der Waals surface area contributed by atoms with Crippen LogP contribution in [0.1, 0.15) is 46.9 Å². The summed E-state index contributed by atoms with van der Waals surface area (Å²) in [4.78, 5) is 34.9. The molecule has 0 bridgehead atoms. The van der Waals surface area contributed by atoms with Crippen molar-refractivity contribution < 1.29 is 9.59 Å². The van der Waals surface area contributed by atoms with E-state index in [-0.39, 0.29) is 17.9 Å². The molecule has 2 aromatic rings. The number of likely N-dealkylation sites (tertiary alicyclic amines) is 1. The largest absolute Gasteiger partial charge is 0.346 e. The highest BCUT2D eigenvalue weighted by Crippen LogP contribution is 2.30. The number of rotatable bonds is 4. The summed E-state index contributed by atoms with van der Waals surface area (Å²) in [5, 5.41) is 4.71. The van der Waals surface area contributed by atoms with Crippen LogP contribution in [0.25, 0.3) is 0 Å². The van der Waals surface area contributed by atoms with Gasteiger partial charge in [-0.2, -0.15) is 0 Å². The van der Waals surface area contributed by atoms with Crippen molar-refractivity contribution in [1.82, 2.24) is 20.2 Å². The normalized spacial score (nSPS) is 17.3. The molecule has 2 amide bonds. The van der Waals surface area contributed by atoms with Crippen LogP contribution in [0.4, 0.5) is 0 Å². The Balaban J connectivity index is 1.68. The van der Waals surface area contributed by atoms with Gasteiger partial charge in [0.05, 0.1) is 41.2 Å². The summed E-state index contributed by atoms with van der Waals surface area (Å²) < 4.78 is 0. The van der Waals surface area contributed by atoms with Crippen molar-refractivity contribution in [3.8, 4) is 0 Å². The minimum Gasteiger partial charge on any atom is -0.346 e. The molecule has 2 aromatic heterocycles. The third-order valence-corrected chi connectivity index (χ3v) is 4.75. The quantitative estimate of drug-likeness (QED) is 0.932. The predicted octanol–water partition coefficient (Wildman–Crippen LogP) is 2.15. The Labute approximate surface area is 138 Å². The lowest BCUT2D eigenvalue weighted by Crippen LogP contribution is -2.29. The molecule has 1 atom stereocenters. The van der Waals surface area contributed by atoms with Gasteiger partial charge in [-0.25, -0.2) is 0 Å². The molecule has 1 aliphatic heterocycles. The topological polar surface area (TPSA) is 75.2 Å². The number of carbonyl (C=O) groups is 2. The van der Waals surface area contributed by atoms with E-state index in [1.165, 1.54) is 11.3 Å². The summed E-state index contributed by atoms with van der Waals surface area (Å²) in [6, 6.07) is 3.62. The highest BCUT2D eigenvalue weighted by atomic mass is 32.1. The number of carbonyl (C=O) groups excluding carboxylic acids is 2. The lowest BCUT2D eigenvalue weighted by Gasteiger charge is -2.22. The Hall–Kier alpha value is -2.28. The summed E-state index contributed by atoms with van der Waals surface area (Å²) in [5.41, 5.74) is 1.49. The second-order valence-corrected chi connectivity index (χ2v) is 6.41. The number of hydrogen-bond donors (Lipinski definition) is 1. The average Bonchev–Trinajstić information content (AvgIpc) is 3.23. The number of thiophene rings is 1. The molecular formula is C16H18N4O2S. The highest BCUT2D eigenvalue weighted by Gasteiger charge is 2.29. The van der Waals surface area contributed by atoms with Gasteiger partial charge in [0, 0.05) is 13.5 Å². The number of aromatic nitrogens is 2. The monoisotopic (exact) mass is 330 g/mol. The van der Waals surface area contributed by atoms with Gasteiger partial charge in [-0.3, -0.25) is 19.6 Å². The van der Waals surface area contributed by atoms with Crippen molar-refractivity contribution in [2.75, 3.05) is 6.54 Å². The lowest BCUT2D eigenvalue weighted by molar-refractivity contribution is -0.129. The molecule has 3 rings (SSSR count). The van der Waals surface area contributed by atoms with Crippen LogP contribution in [0.15, 0.2) is 29.9 Å². The van der Waals surface area contributed by atoms with Crippen LogP contribution >= 0.6 is 11.3 Å². The SMILES string of the molecule is CC(=O)N1CCCC1c1cncc(CNC(=O)c2cccs2)n1. The van der Waals surface area contributed by atoms with Crippen molar-refractivity contribution in [1.29, 1.82) is 0 Å². The second kappa shape index (κ2) is 6.87. The number of hydrogen-bond acceptors (Lipinski definition) is 5. The summed E-state index contributed by atoms with van der Waals surface area (Å²) in [6.07, 6.45) is 5.23. The third kappa shape index (κ3) is 3.56. The maximum absolute atomic E-state index is 12.0. The molecule has 1 N–H and O–H groups in total. The van der Waals surface area contributed by atoms with Crippen LogP contribution in [0.2, 0.25) is 0 Å². The first kappa shape index (κ1) is 15.6. The smallest absolute Gasteiger partial charge is 0.261 e. The Kier molecular flexibility index (Phi) is 4.66. The van der Waals surface area contributed by atoms with Crippen molar-refractivity contribution >= 4 is 23.2 Å². The first-order valence-electron chi connectivity index (χ1n) is 7.55. The van der Waals surface area contributed by atoms with Crippen LogP contribution in [0, 0.1) is 0 Å². The Morgan fingerprint density at radius 1 is 1.43 bits per heavy atom. The molecule has 1 unspecified atom stereocenters. The van der Waals surface area contributed by atoms with E-state index >= 15 is 0 Å². The molecule has 7 heteroatoms. The minimum atomic E-state index is -0.113. The number of nitrogens with one attached hydrogen (secondary N) is 1. The molecule has 3 heterocycles. The van der Waals surface area contributed by atoms with Gasteiger partial charge in [0.15, 0.2) is 0 Å². The zero-order valence-corrected chi connectivity index (χ0v) is 13.7. The Bertz CT molecular complexity index is 702. The van der Waals surface area contributed by atoms with E-state index in [9.17, 15) is 9.59 Å². The van der Waals surface area contributed by atoms with Crippen molar-refractivity contribution in [2.24, 2.45) is 0 Å². The van der Waals surface area contributed by atoms with E-state index in [1.807, 2.05) is 16.3 Å². The first-order valence-corrected chi connectivity index (χ1v) is 8.43. The van der Waals surface area contributed by atoms with Gasteiger partial charge in [-0.15, -0.1) is 11.3 Å². The highest BCUT2D eigenvalue weighted by molar-refractivity contribution is 7.12. The fourth-order valence-corrected chi connectivity index (χ4v) is 3.43. The molecule has 0 saturated carbocycles. The molecule has 1 saturated heterocycles. The van der Waals surface area contributed by atoms with E-state index in [0.717, 1.165) is 25.1 Å². The summed E-state index contributed by atoms with van der Waals surface area (Å²) in [6.45, 7) is 2.67. The predicted molar refractivity (Wildman–Crippen MR) is 86.9 cm³/mol. The summed E-state index contributed by atoms with van der Waals surface area (Å²) in [5.74, 6) is -0.0517. The third-order valence-electron chi connectivity index (χ3n) is 3.88. The van der Waals surface area contributed by atoms with Crippen LogP contribution in [-0.2, 0) is 11.3 Å². The first-order chi connectivity index (χ1) is 11.1. The van der Waals surface area contributed by atoms with Crippen molar-refractivity contribution in [2.45, 2.75) is 32.4 Å². The molecule has 0 aliphatic carbocycles.